The summed E-state index contributed by atoms with van der Waals surface area (Å²) >= 11 is 11.8. The summed E-state index contributed by atoms with van der Waals surface area (Å²) in [4.78, 5) is 11.0. The summed E-state index contributed by atoms with van der Waals surface area (Å²) in [6.45, 7) is 0.279. The molecule has 2 aromatic rings. The number of carbonyl (C=O) groups excluding carboxylic acids is 1. The predicted octanol–water partition coefficient (Wildman–Crippen LogP) is 2.42. The third kappa shape index (κ3) is 3.59. The molecule has 2 N–H and O–H groups in total. The molecule has 0 unspecified atom stereocenters. The lowest BCUT2D eigenvalue weighted by Crippen LogP contribution is -2.21. The summed E-state index contributed by atoms with van der Waals surface area (Å²) < 4.78 is 6.58. The Hall–Kier alpha value is -1.79. The molecule has 0 aliphatic rings. The van der Waals surface area contributed by atoms with Gasteiger partial charge in [0.2, 0.25) is 0 Å². The Kier molecular flexibility index (Phi) is 4.24. The highest BCUT2D eigenvalue weighted by Crippen LogP contribution is 2.27. The van der Waals surface area contributed by atoms with Gasteiger partial charge < -0.3 is 10.5 Å². The van der Waals surface area contributed by atoms with Crippen molar-refractivity contribution >= 4 is 29.3 Å². The van der Waals surface area contributed by atoms with Crippen LogP contribution in [0.25, 0.3) is 0 Å². The Labute approximate surface area is 119 Å². The van der Waals surface area contributed by atoms with Crippen LogP contribution in [0.3, 0.4) is 0 Å². The fourth-order valence-electron chi connectivity index (χ4n) is 1.56. The van der Waals surface area contributed by atoms with E-state index >= 15 is 0 Å². The number of aromatic nitrogens is 3. The van der Waals surface area contributed by atoms with Crippen LogP contribution < -0.4 is 5.73 Å². The van der Waals surface area contributed by atoms with Gasteiger partial charge in [-0.25, -0.2) is 9.48 Å². The first-order chi connectivity index (χ1) is 9.06. The molecule has 1 aromatic heterocycles. The molecule has 6 nitrogen and oxygen atoms in total. The number of primary amides is 1. The Morgan fingerprint density at radius 3 is 2.79 bits per heavy atom. The van der Waals surface area contributed by atoms with Crippen molar-refractivity contribution in [3.8, 4) is 0 Å². The van der Waals surface area contributed by atoms with Crippen LogP contribution in [0.2, 0.25) is 10.0 Å². The van der Waals surface area contributed by atoms with Crippen molar-refractivity contribution in [2.45, 2.75) is 12.6 Å². The van der Waals surface area contributed by atoms with E-state index in [1.165, 1.54) is 10.9 Å². The molecule has 19 heavy (non-hydrogen) atoms. The third-order valence-corrected chi connectivity index (χ3v) is 3.14. The number of amides is 1. The number of nitrogens with two attached hydrogens (primary N) is 1. The average molecular weight is 301 g/mol. The maximum absolute atomic E-state index is 11.0. The minimum Gasteiger partial charge on any atom is -0.440 e. The molecule has 0 aliphatic heterocycles. The lowest BCUT2D eigenvalue weighted by molar-refractivity contribution is 0.0930. The zero-order valence-corrected chi connectivity index (χ0v) is 11.2. The minimum atomic E-state index is -0.879. The van der Waals surface area contributed by atoms with Crippen molar-refractivity contribution < 1.29 is 9.53 Å². The minimum absolute atomic E-state index is 0.279. The smallest absolute Gasteiger partial charge is 0.405 e. The van der Waals surface area contributed by atoms with Crippen molar-refractivity contribution in [3.63, 3.8) is 0 Å². The monoisotopic (exact) mass is 300 g/mol. The number of ether oxygens (including phenoxy) is 1. The van der Waals surface area contributed by atoms with Crippen LogP contribution in [0.15, 0.2) is 30.6 Å². The maximum atomic E-state index is 11.0. The molecule has 1 atom stereocenters. The molecule has 0 saturated carbocycles. The second kappa shape index (κ2) is 5.90. The van der Waals surface area contributed by atoms with E-state index in [0.717, 1.165) is 0 Å². The molecular weight excluding hydrogens is 291 g/mol. The van der Waals surface area contributed by atoms with Gasteiger partial charge in [0.15, 0.2) is 0 Å². The maximum Gasteiger partial charge on any atom is 0.405 e. The van der Waals surface area contributed by atoms with E-state index in [1.54, 1.807) is 24.4 Å². The second-order valence-corrected chi connectivity index (χ2v) is 4.54. The highest BCUT2D eigenvalue weighted by molar-refractivity contribution is 6.42. The molecule has 8 heteroatoms. The summed E-state index contributed by atoms with van der Waals surface area (Å²) in [5.41, 5.74) is 5.73. The molecule has 1 heterocycles. The largest absolute Gasteiger partial charge is 0.440 e. The molecule has 0 bridgehead atoms. The van der Waals surface area contributed by atoms with Crippen LogP contribution in [0.4, 0.5) is 4.79 Å². The summed E-state index contributed by atoms with van der Waals surface area (Å²) in [6.07, 6.45) is 1.68. The zero-order chi connectivity index (χ0) is 13.8. The Morgan fingerprint density at radius 2 is 2.21 bits per heavy atom. The van der Waals surface area contributed by atoms with Gasteiger partial charge in [-0.2, -0.15) is 0 Å². The summed E-state index contributed by atoms with van der Waals surface area (Å²) in [6, 6.07) is 4.95. The molecule has 1 aromatic carbocycles. The average Bonchev–Trinajstić information content (AvgIpc) is 2.84. The van der Waals surface area contributed by atoms with Crippen LogP contribution in [0.1, 0.15) is 11.7 Å². The van der Waals surface area contributed by atoms with E-state index in [4.69, 9.17) is 33.7 Å². The van der Waals surface area contributed by atoms with E-state index in [-0.39, 0.29) is 6.54 Å². The van der Waals surface area contributed by atoms with Gasteiger partial charge in [-0.3, -0.25) is 0 Å². The van der Waals surface area contributed by atoms with E-state index in [0.29, 0.717) is 15.6 Å². The quantitative estimate of drug-likeness (QED) is 0.940. The number of rotatable bonds is 4. The first-order valence-corrected chi connectivity index (χ1v) is 6.07. The molecule has 0 aliphatic carbocycles. The van der Waals surface area contributed by atoms with Crippen molar-refractivity contribution in [2.75, 3.05) is 0 Å². The summed E-state index contributed by atoms with van der Waals surface area (Å²) in [7, 11) is 0. The molecule has 1 amide bonds. The van der Waals surface area contributed by atoms with E-state index in [9.17, 15) is 4.79 Å². The summed E-state index contributed by atoms with van der Waals surface area (Å²) in [5.74, 6) is 0. The number of hydrogen-bond donors (Lipinski definition) is 1. The fourth-order valence-corrected chi connectivity index (χ4v) is 1.87. The van der Waals surface area contributed by atoms with Crippen LogP contribution in [0, 0.1) is 0 Å². The Balaban J connectivity index is 2.25. The standard InChI is InChI=1S/C11H10Cl2N4O2/c12-8-2-1-7(5-9(8)13)10(19-11(14)18)6-17-4-3-15-16-17/h1-5,10H,6H2,(H2,14,18)/t10-/m0/s1. The van der Waals surface area contributed by atoms with Gasteiger partial charge >= 0.3 is 6.09 Å². The third-order valence-electron chi connectivity index (χ3n) is 2.40. The molecule has 0 fully saturated rings. The topological polar surface area (TPSA) is 83.0 Å². The molecule has 0 saturated heterocycles. The first kappa shape index (κ1) is 13.6. The Morgan fingerprint density at radius 1 is 1.42 bits per heavy atom. The van der Waals surface area contributed by atoms with E-state index < -0.39 is 12.2 Å². The van der Waals surface area contributed by atoms with Crippen LogP contribution in [-0.2, 0) is 11.3 Å². The van der Waals surface area contributed by atoms with Gasteiger partial charge in [-0.15, -0.1) is 5.10 Å². The highest BCUT2D eigenvalue weighted by atomic mass is 35.5. The van der Waals surface area contributed by atoms with Crippen molar-refractivity contribution in [2.24, 2.45) is 5.73 Å². The van der Waals surface area contributed by atoms with Gasteiger partial charge in [0.25, 0.3) is 0 Å². The molecule has 0 radical (unpaired) electrons. The van der Waals surface area contributed by atoms with Crippen molar-refractivity contribution in [3.05, 3.63) is 46.2 Å². The highest BCUT2D eigenvalue weighted by Gasteiger charge is 2.17. The van der Waals surface area contributed by atoms with Gasteiger partial charge in [-0.05, 0) is 17.7 Å². The molecular formula is C11H10Cl2N4O2. The lowest BCUT2D eigenvalue weighted by Gasteiger charge is -2.17. The second-order valence-electron chi connectivity index (χ2n) is 3.72. The lowest BCUT2D eigenvalue weighted by atomic mass is 10.1. The number of carbonyl (C=O) groups is 1. The van der Waals surface area contributed by atoms with Crippen molar-refractivity contribution in [1.29, 1.82) is 0 Å². The Bertz CT molecular complexity index is 574. The van der Waals surface area contributed by atoms with Gasteiger partial charge in [0.05, 0.1) is 22.8 Å². The van der Waals surface area contributed by atoms with E-state index in [2.05, 4.69) is 10.3 Å². The normalized spacial score (nSPS) is 12.1. The van der Waals surface area contributed by atoms with Crippen molar-refractivity contribution in [1.82, 2.24) is 15.0 Å². The van der Waals surface area contributed by atoms with Crippen LogP contribution >= 0.6 is 23.2 Å². The van der Waals surface area contributed by atoms with Crippen LogP contribution in [-0.4, -0.2) is 21.1 Å². The number of nitrogens with zero attached hydrogens (tertiary/aromatic N) is 3. The SMILES string of the molecule is NC(=O)O[C@@H](Cn1ccnn1)c1ccc(Cl)c(Cl)c1. The molecule has 0 spiro atoms. The van der Waals surface area contributed by atoms with Gasteiger partial charge in [0.1, 0.15) is 6.10 Å². The van der Waals surface area contributed by atoms with Gasteiger partial charge in [0, 0.05) is 6.20 Å². The zero-order valence-electron chi connectivity index (χ0n) is 9.66. The van der Waals surface area contributed by atoms with Gasteiger partial charge in [-0.1, -0.05) is 34.5 Å². The number of halogens is 2. The first-order valence-electron chi connectivity index (χ1n) is 5.31. The van der Waals surface area contributed by atoms with E-state index in [1.807, 2.05) is 0 Å². The number of hydrogen-bond acceptors (Lipinski definition) is 4. The van der Waals surface area contributed by atoms with Crippen LogP contribution in [0.5, 0.6) is 0 Å². The number of benzene rings is 1. The molecule has 2 rings (SSSR count). The summed E-state index contributed by atoms with van der Waals surface area (Å²) in [5, 5.41) is 8.27. The molecule has 100 valence electrons. The fraction of sp³-hybridized carbons (Fsp3) is 0.182. The predicted molar refractivity (Wildman–Crippen MR) is 69.9 cm³/mol.